The molecule has 4 aromatic carbocycles. The van der Waals surface area contributed by atoms with Gasteiger partial charge in [-0.2, -0.15) is 0 Å². The highest BCUT2D eigenvalue weighted by atomic mass is 16.8. The quantitative estimate of drug-likeness (QED) is 0.196. The van der Waals surface area contributed by atoms with Gasteiger partial charge in [-0.15, -0.1) is 0 Å². The second-order valence-electron chi connectivity index (χ2n) is 10.4. The van der Waals surface area contributed by atoms with Crippen molar-refractivity contribution in [1.82, 2.24) is 0 Å². The molecule has 4 aromatic rings. The molecule has 5 atom stereocenters. The molecule has 0 N–H and O–H groups in total. The van der Waals surface area contributed by atoms with Crippen LogP contribution in [0.25, 0.3) is 0 Å². The molecule has 2 saturated heterocycles. The Labute approximate surface area is 258 Å². The van der Waals surface area contributed by atoms with Gasteiger partial charge >= 0.3 is 23.9 Å². The van der Waals surface area contributed by atoms with Gasteiger partial charge in [0.05, 0.1) is 28.9 Å². The fourth-order valence-corrected chi connectivity index (χ4v) is 5.19. The molecule has 10 nitrogen and oxygen atoms in total. The van der Waals surface area contributed by atoms with Crippen LogP contribution in [0.5, 0.6) is 0 Å². The van der Waals surface area contributed by atoms with E-state index in [0.717, 1.165) is 0 Å². The van der Waals surface area contributed by atoms with E-state index in [-0.39, 0.29) is 28.9 Å². The molecule has 0 unspecified atom stereocenters. The van der Waals surface area contributed by atoms with Gasteiger partial charge in [0, 0.05) is 0 Å². The molecular formula is C35H28O10. The van der Waals surface area contributed by atoms with E-state index >= 15 is 0 Å². The number of carbonyl (C=O) groups is 4. The van der Waals surface area contributed by atoms with Crippen LogP contribution in [0, 0.1) is 0 Å². The van der Waals surface area contributed by atoms with E-state index in [9.17, 15) is 19.2 Å². The minimum Gasteiger partial charge on any atom is -0.456 e. The molecular weight excluding hydrogens is 580 g/mol. The molecule has 2 fully saturated rings. The molecule has 0 spiro atoms. The molecule has 228 valence electrons. The lowest BCUT2D eigenvalue weighted by Gasteiger charge is -2.44. The Balaban J connectivity index is 1.36. The third-order valence-electron chi connectivity index (χ3n) is 7.43. The summed E-state index contributed by atoms with van der Waals surface area (Å²) in [7, 11) is 0. The maximum atomic E-state index is 13.5. The van der Waals surface area contributed by atoms with Crippen molar-refractivity contribution in [3.63, 3.8) is 0 Å². The van der Waals surface area contributed by atoms with Crippen LogP contribution in [0.1, 0.15) is 41.4 Å². The van der Waals surface area contributed by atoms with Crippen LogP contribution in [0.2, 0.25) is 0 Å². The Hall–Kier alpha value is -5.32. The van der Waals surface area contributed by atoms with Crippen molar-refractivity contribution < 1.29 is 47.6 Å². The van der Waals surface area contributed by atoms with E-state index in [1.165, 1.54) is 0 Å². The summed E-state index contributed by atoms with van der Waals surface area (Å²) in [5, 5.41) is 0. The predicted octanol–water partition coefficient (Wildman–Crippen LogP) is 4.65. The van der Waals surface area contributed by atoms with Gasteiger partial charge in [-0.05, 0) is 48.5 Å². The summed E-state index contributed by atoms with van der Waals surface area (Å²) in [5.41, 5.74) is 0.929. The first-order valence-corrected chi connectivity index (χ1v) is 14.3. The highest BCUT2D eigenvalue weighted by Crippen LogP contribution is 2.42. The van der Waals surface area contributed by atoms with Crippen LogP contribution in [-0.4, -0.2) is 67.3 Å². The summed E-state index contributed by atoms with van der Waals surface area (Å²) in [6.45, 7) is -0.670. The van der Waals surface area contributed by atoms with Gasteiger partial charge in [0.1, 0.15) is 12.7 Å². The molecule has 2 aliphatic rings. The van der Waals surface area contributed by atoms with Gasteiger partial charge in [-0.3, -0.25) is 0 Å². The van der Waals surface area contributed by atoms with Gasteiger partial charge < -0.3 is 28.4 Å². The van der Waals surface area contributed by atoms with Gasteiger partial charge in [0.2, 0.25) is 5.79 Å². The summed E-state index contributed by atoms with van der Waals surface area (Å²) >= 11 is 0. The molecule has 2 bridgehead atoms. The molecule has 2 aliphatic heterocycles. The summed E-state index contributed by atoms with van der Waals surface area (Å²) in [6, 6.07) is 32.9. The van der Waals surface area contributed by atoms with Gasteiger partial charge in [-0.1, -0.05) is 72.8 Å². The zero-order valence-corrected chi connectivity index (χ0v) is 23.9. The highest BCUT2D eigenvalue weighted by Gasteiger charge is 2.65. The first-order chi connectivity index (χ1) is 21.9. The third kappa shape index (κ3) is 6.47. The fraction of sp³-hybridized carbons (Fsp3) is 0.200. The van der Waals surface area contributed by atoms with Crippen molar-refractivity contribution in [1.29, 1.82) is 0 Å². The maximum absolute atomic E-state index is 13.5. The van der Waals surface area contributed by atoms with E-state index in [1.807, 2.05) is 0 Å². The Kier molecular flexibility index (Phi) is 8.68. The monoisotopic (exact) mass is 608 g/mol. The first-order valence-electron chi connectivity index (χ1n) is 14.3. The number of esters is 4. The second kappa shape index (κ2) is 13.1. The van der Waals surface area contributed by atoms with E-state index in [1.54, 1.807) is 121 Å². The average Bonchev–Trinajstić information content (AvgIpc) is 3.49. The summed E-state index contributed by atoms with van der Waals surface area (Å²) in [5.74, 6) is -4.84. The third-order valence-corrected chi connectivity index (χ3v) is 7.43. The van der Waals surface area contributed by atoms with Crippen LogP contribution in [0.3, 0.4) is 0 Å². The fourth-order valence-electron chi connectivity index (χ4n) is 5.19. The molecule has 0 amide bonds. The predicted molar refractivity (Wildman–Crippen MR) is 157 cm³/mol. The smallest absolute Gasteiger partial charge is 0.338 e. The van der Waals surface area contributed by atoms with Gasteiger partial charge in [0.25, 0.3) is 0 Å². The van der Waals surface area contributed by atoms with Crippen molar-refractivity contribution >= 4 is 23.9 Å². The number of carbonyl (C=O) groups excluding carboxylic acids is 4. The number of benzene rings is 4. The summed E-state index contributed by atoms with van der Waals surface area (Å²) in [6.07, 6.45) is -5.18. The molecule has 2 heterocycles. The van der Waals surface area contributed by atoms with E-state index in [2.05, 4.69) is 0 Å². The molecule has 6 rings (SSSR count). The number of fused-ring (bicyclic) bond motifs is 2. The Morgan fingerprint density at radius 3 is 1.42 bits per heavy atom. The Morgan fingerprint density at radius 2 is 0.956 bits per heavy atom. The van der Waals surface area contributed by atoms with Crippen LogP contribution < -0.4 is 0 Å². The second-order valence-corrected chi connectivity index (χ2v) is 10.4. The van der Waals surface area contributed by atoms with Crippen molar-refractivity contribution in [3.05, 3.63) is 144 Å². The zero-order valence-electron chi connectivity index (χ0n) is 23.9. The SMILES string of the molecule is O=C(OC[C@@]12OC[C@@H](O1)[C@H](OC(=O)c1ccccc1)[C@@H](OC(=O)c1ccccc1)[C@@H]2OC(=O)c1ccccc1)c1ccccc1. The van der Waals surface area contributed by atoms with Gasteiger partial charge in [-0.25, -0.2) is 19.2 Å². The maximum Gasteiger partial charge on any atom is 0.338 e. The van der Waals surface area contributed by atoms with Crippen molar-refractivity contribution in [2.75, 3.05) is 13.2 Å². The lowest BCUT2D eigenvalue weighted by molar-refractivity contribution is -0.302. The Morgan fingerprint density at radius 1 is 0.556 bits per heavy atom. The minimum absolute atomic E-state index is 0.144. The number of hydrogen-bond acceptors (Lipinski definition) is 10. The van der Waals surface area contributed by atoms with E-state index < -0.39 is 60.7 Å². The molecule has 0 aliphatic carbocycles. The van der Waals surface area contributed by atoms with Crippen molar-refractivity contribution in [2.24, 2.45) is 0 Å². The molecule has 0 aromatic heterocycles. The van der Waals surface area contributed by atoms with Crippen LogP contribution in [-0.2, 0) is 28.4 Å². The lowest BCUT2D eigenvalue weighted by atomic mass is 9.93. The van der Waals surface area contributed by atoms with Gasteiger partial charge in [0.15, 0.2) is 18.3 Å². The standard InChI is InChI=1S/C35H28O10/c36-31(23-13-5-1-6-14-23)40-22-35-30(44-34(39)26-19-11-4-12-20-26)29(43-33(38)25-17-9-3-10-18-25)28(27(45-35)21-41-35)42-32(37)24-15-7-2-8-16-24/h1-20,27-30H,21-22H2/t27-,28+,29-,30+,35-/m1/s1. The number of ether oxygens (including phenoxy) is 6. The summed E-state index contributed by atoms with van der Waals surface area (Å²) < 4.78 is 35.8. The number of rotatable bonds is 9. The largest absolute Gasteiger partial charge is 0.456 e. The number of hydrogen-bond donors (Lipinski definition) is 0. The zero-order chi connectivity index (χ0) is 31.2. The lowest BCUT2D eigenvalue weighted by Crippen LogP contribution is -2.65. The molecule has 0 saturated carbocycles. The topological polar surface area (TPSA) is 124 Å². The molecule has 45 heavy (non-hydrogen) atoms. The normalized spacial score (nSPS) is 23.4. The minimum atomic E-state index is -1.89. The molecule has 0 radical (unpaired) electrons. The van der Waals surface area contributed by atoms with Crippen molar-refractivity contribution in [3.8, 4) is 0 Å². The van der Waals surface area contributed by atoms with Crippen LogP contribution in [0.15, 0.2) is 121 Å². The van der Waals surface area contributed by atoms with Crippen LogP contribution >= 0.6 is 0 Å². The Bertz CT molecular complexity index is 1650. The van der Waals surface area contributed by atoms with E-state index in [0.29, 0.717) is 0 Å². The summed E-state index contributed by atoms with van der Waals surface area (Å²) in [4.78, 5) is 53.1. The van der Waals surface area contributed by atoms with Crippen LogP contribution in [0.4, 0.5) is 0 Å². The first kappa shape index (κ1) is 29.7. The highest BCUT2D eigenvalue weighted by molar-refractivity contribution is 5.91. The average molecular weight is 609 g/mol. The molecule has 10 heteroatoms. The van der Waals surface area contributed by atoms with Crippen molar-refractivity contribution in [2.45, 2.75) is 30.2 Å². The van der Waals surface area contributed by atoms with E-state index in [4.69, 9.17) is 28.4 Å².